The Morgan fingerprint density at radius 1 is 1.43 bits per heavy atom. The van der Waals surface area contributed by atoms with Crippen molar-refractivity contribution < 1.29 is 14.7 Å². The van der Waals surface area contributed by atoms with Gasteiger partial charge in [0.1, 0.15) is 0 Å². The lowest BCUT2D eigenvalue weighted by atomic mass is 10.1. The van der Waals surface area contributed by atoms with Crippen molar-refractivity contribution in [1.82, 2.24) is 19.5 Å². The fraction of sp³-hybridized carbons (Fsp3) is 0.500. The largest absolute Gasteiger partial charge is 0.481 e. The molecule has 0 radical (unpaired) electrons. The van der Waals surface area contributed by atoms with Crippen LogP contribution in [0.3, 0.4) is 0 Å². The van der Waals surface area contributed by atoms with Crippen LogP contribution in [0.1, 0.15) is 41.5 Å². The molecule has 7 heteroatoms. The Balaban J connectivity index is 1.93. The van der Waals surface area contributed by atoms with E-state index in [9.17, 15) is 9.59 Å². The number of carboxylic acid groups (broad SMARTS) is 1. The van der Waals surface area contributed by atoms with Crippen LogP contribution in [-0.2, 0) is 4.79 Å². The fourth-order valence-corrected chi connectivity index (χ4v) is 2.68. The molecule has 23 heavy (non-hydrogen) atoms. The number of amides is 1. The van der Waals surface area contributed by atoms with Crippen molar-refractivity contribution in [2.24, 2.45) is 5.92 Å². The minimum Gasteiger partial charge on any atom is -0.481 e. The molecule has 0 spiro atoms. The molecule has 0 aromatic carbocycles. The lowest BCUT2D eigenvalue weighted by Crippen LogP contribution is -2.39. The molecule has 1 N–H and O–H groups in total. The van der Waals surface area contributed by atoms with E-state index in [0.29, 0.717) is 11.2 Å². The van der Waals surface area contributed by atoms with Gasteiger partial charge in [-0.3, -0.25) is 9.59 Å². The van der Waals surface area contributed by atoms with Crippen LogP contribution in [0.4, 0.5) is 0 Å². The zero-order valence-electron chi connectivity index (χ0n) is 13.5. The van der Waals surface area contributed by atoms with E-state index < -0.39 is 11.9 Å². The summed E-state index contributed by atoms with van der Waals surface area (Å²) in [5, 5.41) is 13.5. The first-order valence-electron chi connectivity index (χ1n) is 7.74. The van der Waals surface area contributed by atoms with Crippen molar-refractivity contribution in [3.63, 3.8) is 0 Å². The second kappa shape index (κ2) is 5.64. The number of fused-ring (bicyclic) bond motifs is 1. The Morgan fingerprint density at radius 3 is 2.74 bits per heavy atom. The molecule has 2 aromatic rings. The van der Waals surface area contributed by atoms with E-state index in [1.54, 1.807) is 22.5 Å². The van der Waals surface area contributed by atoms with Gasteiger partial charge in [-0.15, -0.1) is 0 Å². The van der Waals surface area contributed by atoms with E-state index in [0.717, 1.165) is 24.2 Å². The molecule has 1 unspecified atom stereocenters. The zero-order chi connectivity index (χ0) is 16.7. The number of carbonyl (C=O) groups is 2. The van der Waals surface area contributed by atoms with Crippen molar-refractivity contribution in [2.45, 2.75) is 39.7 Å². The number of carbonyl (C=O) groups excluding carboxylic acids is 1. The molecule has 1 amide bonds. The molecular formula is C16H20N4O3. The summed E-state index contributed by atoms with van der Waals surface area (Å²) in [6.07, 6.45) is 3.41. The minimum atomic E-state index is -0.892. The number of carboxylic acids is 1. The topological polar surface area (TPSA) is 87.8 Å². The third-order valence-electron chi connectivity index (χ3n) is 4.22. The van der Waals surface area contributed by atoms with Crippen molar-refractivity contribution >= 4 is 17.5 Å². The number of aliphatic carboxylic acids is 1. The summed E-state index contributed by atoms with van der Waals surface area (Å²) in [6, 6.07) is 1.99. The SMILES string of the molecule is Cc1cc2ncc(C(=O)N(CC(C)C(=O)O)C3CC3)c(C)n2n1. The molecule has 1 aliphatic rings. The van der Waals surface area contributed by atoms with Crippen molar-refractivity contribution in [3.8, 4) is 0 Å². The summed E-state index contributed by atoms with van der Waals surface area (Å²) in [5.41, 5.74) is 2.74. The van der Waals surface area contributed by atoms with Gasteiger partial charge in [0.25, 0.3) is 5.91 Å². The average Bonchev–Trinajstić information content (AvgIpc) is 3.25. The van der Waals surface area contributed by atoms with Gasteiger partial charge >= 0.3 is 5.97 Å². The quantitative estimate of drug-likeness (QED) is 0.906. The fourth-order valence-electron chi connectivity index (χ4n) is 2.68. The Kier molecular flexibility index (Phi) is 3.79. The predicted molar refractivity (Wildman–Crippen MR) is 83.3 cm³/mol. The highest BCUT2D eigenvalue weighted by Crippen LogP contribution is 2.29. The van der Waals surface area contributed by atoms with Gasteiger partial charge in [0.15, 0.2) is 5.65 Å². The lowest BCUT2D eigenvalue weighted by Gasteiger charge is -2.25. The van der Waals surface area contributed by atoms with E-state index in [4.69, 9.17) is 5.11 Å². The number of hydrogen-bond donors (Lipinski definition) is 1. The van der Waals surface area contributed by atoms with E-state index in [2.05, 4.69) is 10.1 Å². The third-order valence-corrected chi connectivity index (χ3v) is 4.22. The Hall–Kier alpha value is -2.44. The summed E-state index contributed by atoms with van der Waals surface area (Å²) in [7, 11) is 0. The van der Waals surface area contributed by atoms with Crippen molar-refractivity contribution in [3.05, 3.63) is 29.2 Å². The van der Waals surface area contributed by atoms with Gasteiger partial charge in [0, 0.05) is 24.8 Å². The van der Waals surface area contributed by atoms with Gasteiger partial charge in [0.05, 0.1) is 22.9 Å². The highest BCUT2D eigenvalue weighted by atomic mass is 16.4. The van der Waals surface area contributed by atoms with Crippen LogP contribution in [0.15, 0.2) is 12.3 Å². The zero-order valence-corrected chi connectivity index (χ0v) is 13.5. The summed E-state index contributed by atoms with van der Waals surface area (Å²) in [5.74, 6) is -1.65. The molecule has 2 heterocycles. The van der Waals surface area contributed by atoms with Gasteiger partial charge in [0.2, 0.25) is 0 Å². The molecule has 7 nitrogen and oxygen atoms in total. The maximum Gasteiger partial charge on any atom is 0.308 e. The van der Waals surface area contributed by atoms with Crippen LogP contribution >= 0.6 is 0 Å². The van der Waals surface area contributed by atoms with Crippen LogP contribution in [-0.4, -0.2) is 49.1 Å². The van der Waals surface area contributed by atoms with E-state index in [-0.39, 0.29) is 18.5 Å². The van der Waals surface area contributed by atoms with Gasteiger partial charge in [-0.05, 0) is 26.7 Å². The summed E-state index contributed by atoms with van der Waals surface area (Å²) < 4.78 is 1.66. The summed E-state index contributed by atoms with van der Waals surface area (Å²) in [4.78, 5) is 30.0. The average molecular weight is 316 g/mol. The Labute approximate surface area is 133 Å². The Morgan fingerprint density at radius 2 is 2.13 bits per heavy atom. The van der Waals surface area contributed by atoms with Crippen molar-refractivity contribution in [2.75, 3.05) is 6.54 Å². The van der Waals surface area contributed by atoms with Crippen molar-refractivity contribution in [1.29, 1.82) is 0 Å². The second-order valence-electron chi connectivity index (χ2n) is 6.24. The first-order valence-corrected chi connectivity index (χ1v) is 7.74. The van der Waals surface area contributed by atoms with Gasteiger partial charge < -0.3 is 10.0 Å². The van der Waals surface area contributed by atoms with Crippen LogP contribution in [0.25, 0.3) is 5.65 Å². The summed E-state index contributed by atoms with van der Waals surface area (Å²) >= 11 is 0. The first kappa shape index (κ1) is 15.5. The first-order chi connectivity index (χ1) is 10.9. The predicted octanol–water partition coefficient (Wildman–Crippen LogP) is 1.67. The van der Waals surface area contributed by atoms with E-state index in [1.807, 2.05) is 19.9 Å². The monoisotopic (exact) mass is 316 g/mol. The van der Waals surface area contributed by atoms with Crippen LogP contribution in [0.2, 0.25) is 0 Å². The Bertz CT molecular complexity index is 779. The van der Waals surface area contributed by atoms with Gasteiger partial charge in [-0.25, -0.2) is 9.50 Å². The number of hydrogen-bond acceptors (Lipinski definition) is 4. The number of aryl methyl sites for hydroxylation is 2. The highest BCUT2D eigenvalue weighted by molar-refractivity contribution is 5.95. The highest BCUT2D eigenvalue weighted by Gasteiger charge is 2.35. The molecule has 1 fully saturated rings. The smallest absolute Gasteiger partial charge is 0.308 e. The lowest BCUT2D eigenvalue weighted by molar-refractivity contribution is -0.141. The van der Waals surface area contributed by atoms with Crippen LogP contribution < -0.4 is 0 Å². The maximum atomic E-state index is 12.9. The molecule has 122 valence electrons. The molecule has 2 aromatic heterocycles. The molecule has 0 saturated heterocycles. The maximum absolute atomic E-state index is 12.9. The van der Waals surface area contributed by atoms with Crippen LogP contribution in [0, 0.1) is 19.8 Å². The van der Waals surface area contributed by atoms with E-state index in [1.165, 1.54) is 0 Å². The van der Waals surface area contributed by atoms with Crippen LogP contribution in [0.5, 0.6) is 0 Å². The van der Waals surface area contributed by atoms with Gasteiger partial charge in [-0.1, -0.05) is 6.92 Å². The second-order valence-corrected chi connectivity index (χ2v) is 6.24. The molecule has 3 rings (SSSR count). The molecule has 0 aliphatic heterocycles. The molecule has 1 atom stereocenters. The molecule has 1 saturated carbocycles. The third kappa shape index (κ3) is 2.91. The molecule has 1 aliphatic carbocycles. The molecular weight excluding hydrogens is 296 g/mol. The minimum absolute atomic E-state index is 0.138. The molecule has 0 bridgehead atoms. The number of nitrogens with zero attached hydrogens (tertiary/aromatic N) is 4. The number of rotatable bonds is 5. The van der Waals surface area contributed by atoms with Gasteiger partial charge in [-0.2, -0.15) is 5.10 Å². The number of aromatic nitrogens is 3. The summed E-state index contributed by atoms with van der Waals surface area (Å²) in [6.45, 7) is 5.55. The normalized spacial score (nSPS) is 15.6. The van der Waals surface area contributed by atoms with E-state index >= 15 is 0 Å². The standard InChI is InChI=1S/C16H20N4O3/c1-9(16(22)23)8-19(12-4-5-12)15(21)13-7-17-14-6-10(2)18-20(14)11(13)3/h6-7,9,12H,4-5,8H2,1-3H3,(H,22,23).